The van der Waals surface area contributed by atoms with Gasteiger partial charge in [0.25, 0.3) is 5.91 Å². The van der Waals surface area contributed by atoms with Crippen molar-refractivity contribution in [3.8, 4) is 11.5 Å². The van der Waals surface area contributed by atoms with Crippen molar-refractivity contribution in [2.24, 2.45) is 4.99 Å². The molecule has 0 unspecified atom stereocenters. The summed E-state index contributed by atoms with van der Waals surface area (Å²) in [5.41, 5.74) is 3.53. The molecule has 3 aromatic rings. The van der Waals surface area contributed by atoms with Gasteiger partial charge in [-0.1, -0.05) is 45.7 Å². The Morgan fingerprint density at radius 2 is 1.86 bits per heavy atom. The molecule has 4 rings (SSSR count). The number of carbonyl (C=O) groups is 1. The topological polar surface area (TPSA) is 59.9 Å². The van der Waals surface area contributed by atoms with E-state index in [9.17, 15) is 4.79 Å². The third-order valence-electron chi connectivity index (χ3n) is 4.97. The van der Waals surface area contributed by atoms with Crippen LogP contribution in [0.15, 0.2) is 73.4 Å². The first-order chi connectivity index (χ1) is 16.8. The summed E-state index contributed by atoms with van der Waals surface area (Å²) in [6, 6.07) is 17.2. The normalized spacial score (nSPS) is 15.5. The van der Waals surface area contributed by atoms with Crippen molar-refractivity contribution in [3.63, 3.8) is 0 Å². The van der Waals surface area contributed by atoms with Crippen LogP contribution in [0, 0.1) is 6.92 Å². The second-order valence-corrected chi connectivity index (χ2v) is 10.8. The number of halogens is 3. The van der Waals surface area contributed by atoms with Crippen LogP contribution in [0.2, 0.25) is 5.02 Å². The fourth-order valence-corrected chi connectivity index (χ4v) is 5.09. The lowest BCUT2D eigenvalue weighted by Gasteiger charge is -2.15. The maximum atomic E-state index is 12.6. The number of carbonyl (C=O) groups excluding carboxylic acids is 1. The third kappa shape index (κ3) is 6.70. The van der Waals surface area contributed by atoms with Crippen LogP contribution in [0.5, 0.6) is 11.5 Å². The van der Waals surface area contributed by atoms with E-state index in [0.717, 1.165) is 31.3 Å². The highest BCUT2D eigenvalue weighted by atomic mass is 79.9. The van der Waals surface area contributed by atoms with Crippen molar-refractivity contribution >= 4 is 78.1 Å². The molecule has 0 spiro atoms. The van der Waals surface area contributed by atoms with E-state index in [0.29, 0.717) is 39.8 Å². The average molecular weight is 637 g/mol. The van der Waals surface area contributed by atoms with Crippen molar-refractivity contribution in [1.29, 1.82) is 0 Å². The summed E-state index contributed by atoms with van der Waals surface area (Å²) in [4.78, 5) is 17.7. The number of nitrogens with one attached hydrogen (secondary N) is 1. The first-order valence-electron chi connectivity index (χ1n) is 10.7. The first kappa shape index (κ1) is 25.8. The molecular weight excluding hydrogens is 616 g/mol. The summed E-state index contributed by atoms with van der Waals surface area (Å²) in [5, 5.41) is 3.92. The van der Waals surface area contributed by atoms with Gasteiger partial charge in [-0.2, -0.15) is 0 Å². The predicted molar refractivity (Wildman–Crippen MR) is 151 cm³/mol. The maximum absolute atomic E-state index is 12.6. The number of benzene rings is 3. The molecule has 1 heterocycles. The van der Waals surface area contributed by atoms with Crippen LogP contribution in [0.1, 0.15) is 23.6 Å². The van der Waals surface area contributed by atoms with Crippen LogP contribution in [-0.4, -0.2) is 17.7 Å². The van der Waals surface area contributed by atoms with E-state index in [1.165, 1.54) is 11.8 Å². The van der Waals surface area contributed by atoms with Crippen LogP contribution < -0.4 is 14.8 Å². The average Bonchev–Trinajstić information content (AvgIpc) is 3.15. The molecule has 0 aromatic heterocycles. The van der Waals surface area contributed by atoms with Crippen LogP contribution in [0.3, 0.4) is 0 Å². The molecule has 1 aliphatic rings. The smallest absolute Gasteiger partial charge is 0.264 e. The Balaban J connectivity index is 1.56. The maximum Gasteiger partial charge on any atom is 0.264 e. The molecule has 0 saturated carbocycles. The van der Waals surface area contributed by atoms with Crippen molar-refractivity contribution in [2.45, 2.75) is 20.5 Å². The third-order valence-corrected chi connectivity index (χ3v) is 7.23. The number of amidine groups is 1. The molecule has 3 aromatic carbocycles. The lowest BCUT2D eigenvalue weighted by molar-refractivity contribution is -0.115. The minimum absolute atomic E-state index is 0.210. The Bertz CT molecular complexity index is 1330. The van der Waals surface area contributed by atoms with Gasteiger partial charge < -0.3 is 14.8 Å². The van der Waals surface area contributed by atoms with Gasteiger partial charge in [-0.05, 0) is 101 Å². The quantitative estimate of drug-likeness (QED) is 0.267. The fourth-order valence-electron chi connectivity index (χ4n) is 3.25. The zero-order valence-electron chi connectivity index (χ0n) is 18.9. The summed E-state index contributed by atoms with van der Waals surface area (Å²) < 4.78 is 13.7. The molecule has 0 atom stereocenters. The monoisotopic (exact) mass is 634 g/mol. The van der Waals surface area contributed by atoms with Gasteiger partial charge in [-0.3, -0.25) is 4.79 Å². The summed E-state index contributed by atoms with van der Waals surface area (Å²) in [6.45, 7) is 4.74. The van der Waals surface area contributed by atoms with Gasteiger partial charge in [-0.25, -0.2) is 4.99 Å². The highest BCUT2D eigenvalue weighted by Gasteiger charge is 2.24. The Hall–Kier alpha value is -2.26. The molecule has 0 aliphatic carbocycles. The van der Waals surface area contributed by atoms with Crippen LogP contribution >= 0.6 is 55.2 Å². The Kier molecular flexibility index (Phi) is 8.59. The summed E-state index contributed by atoms with van der Waals surface area (Å²) >= 11 is 14.4. The Morgan fingerprint density at radius 3 is 2.60 bits per heavy atom. The van der Waals surface area contributed by atoms with Gasteiger partial charge in [0.05, 0.1) is 21.7 Å². The molecule has 0 radical (unpaired) electrons. The fraction of sp³-hybridized carbons (Fsp3) is 0.154. The second kappa shape index (κ2) is 11.6. The standard InChI is InChI=1S/C26H21Br2ClN2O3S/c1-3-33-22-11-17(10-20(28)24(22)34-14-16-5-7-18(27)8-6-16)12-23-25(32)31-26(35-23)30-21-13-19(29)9-4-15(21)2/h4-13H,3,14H2,1-2H3,(H,30,31,32)/b23-12-. The van der Waals surface area contributed by atoms with Gasteiger partial charge in [0.1, 0.15) is 6.61 Å². The van der Waals surface area contributed by atoms with Crippen LogP contribution in [0.4, 0.5) is 5.69 Å². The van der Waals surface area contributed by atoms with E-state index in [4.69, 9.17) is 21.1 Å². The van der Waals surface area contributed by atoms with Crippen molar-refractivity contribution in [3.05, 3.63) is 90.2 Å². The van der Waals surface area contributed by atoms with Gasteiger partial charge >= 0.3 is 0 Å². The Morgan fingerprint density at radius 1 is 1.09 bits per heavy atom. The molecule has 35 heavy (non-hydrogen) atoms. The molecule has 9 heteroatoms. The predicted octanol–water partition coefficient (Wildman–Crippen LogP) is 8.04. The second-order valence-electron chi connectivity index (χ2n) is 7.59. The van der Waals surface area contributed by atoms with Gasteiger partial charge in [0, 0.05) is 9.50 Å². The van der Waals surface area contributed by atoms with Gasteiger partial charge in [0.15, 0.2) is 16.7 Å². The van der Waals surface area contributed by atoms with Crippen molar-refractivity contribution < 1.29 is 14.3 Å². The molecule has 0 bridgehead atoms. The molecular formula is C26H21Br2ClN2O3S. The number of rotatable bonds is 7. The van der Waals surface area contributed by atoms with E-state index in [1.54, 1.807) is 12.1 Å². The number of hydrogen-bond donors (Lipinski definition) is 1. The summed E-state index contributed by atoms with van der Waals surface area (Å²) in [5.74, 6) is 0.995. The van der Waals surface area contributed by atoms with Gasteiger partial charge in [0.2, 0.25) is 0 Å². The van der Waals surface area contributed by atoms with E-state index < -0.39 is 0 Å². The molecule has 1 fully saturated rings. The summed E-state index contributed by atoms with van der Waals surface area (Å²) in [6.07, 6.45) is 1.80. The van der Waals surface area contributed by atoms with E-state index in [2.05, 4.69) is 42.2 Å². The number of aryl methyl sites for hydroxylation is 1. The highest BCUT2D eigenvalue weighted by molar-refractivity contribution is 9.10. The zero-order valence-corrected chi connectivity index (χ0v) is 23.6. The molecule has 1 amide bonds. The molecule has 180 valence electrons. The Labute approximate surface area is 230 Å². The SMILES string of the molecule is CCOc1cc(/C=C2\SC(=Nc3cc(Cl)ccc3C)NC2=O)cc(Br)c1OCc1ccc(Br)cc1. The zero-order chi connectivity index (χ0) is 24.9. The number of ether oxygens (including phenoxy) is 2. The number of aliphatic imine (C=N–C) groups is 1. The lowest BCUT2D eigenvalue weighted by atomic mass is 10.1. The number of hydrogen-bond acceptors (Lipinski definition) is 5. The summed E-state index contributed by atoms with van der Waals surface area (Å²) in [7, 11) is 0. The van der Waals surface area contributed by atoms with Crippen LogP contribution in [-0.2, 0) is 11.4 Å². The van der Waals surface area contributed by atoms with E-state index in [1.807, 2.05) is 62.4 Å². The number of thioether (sulfide) groups is 1. The van der Waals surface area contributed by atoms with Gasteiger partial charge in [-0.15, -0.1) is 0 Å². The van der Waals surface area contributed by atoms with E-state index >= 15 is 0 Å². The lowest BCUT2D eigenvalue weighted by Crippen LogP contribution is -2.19. The number of nitrogens with zero attached hydrogens (tertiary/aromatic N) is 1. The molecule has 1 aliphatic heterocycles. The van der Waals surface area contributed by atoms with Crippen LogP contribution in [0.25, 0.3) is 6.08 Å². The molecule has 1 saturated heterocycles. The first-order valence-corrected chi connectivity index (χ1v) is 13.5. The largest absolute Gasteiger partial charge is 0.490 e. The minimum Gasteiger partial charge on any atom is -0.490 e. The number of amides is 1. The van der Waals surface area contributed by atoms with Crippen molar-refractivity contribution in [2.75, 3.05) is 6.61 Å². The molecule has 5 nitrogen and oxygen atoms in total. The van der Waals surface area contributed by atoms with E-state index in [-0.39, 0.29) is 5.91 Å². The minimum atomic E-state index is -0.210. The van der Waals surface area contributed by atoms with Crippen molar-refractivity contribution in [1.82, 2.24) is 5.32 Å². The molecule has 1 N–H and O–H groups in total. The highest BCUT2D eigenvalue weighted by Crippen LogP contribution is 2.39.